The van der Waals surface area contributed by atoms with Crippen molar-refractivity contribution < 1.29 is 23.6 Å². The molecule has 0 radical (unpaired) electrons. The van der Waals surface area contributed by atoms with Gasteiger partial charge in [0.15, 0.2) is 5.82 Å². The monoisotopic (exact) mass is 387 g/mol. The van der Waals surface area contributed by atoms with Crippen molar-refractivity contribution in [1.29, 1.82) is 0 Å². The Hall–Kier alpha value is -0.790. The number of rotatable bonds is 7. The Labute approximate surface area is 154 Å². The first-order valence-corrected chi connectivity index (χ1v) is 11.2. The molecule has 0 spiro atoms. The zero-order valence-electron chi connectivity index (χ0n) is 15.3. The van der Waals surface area contributed by atoms with Gasteiger partial charge in [0.1, 0.15) is 5.82 Å². The number of aromatic nitrogens is 3. The first-order valence-electron chi connectivity index (χ1n) is 9.70. The molecule has 0 saturated heterocycles. The molecule has 2 aliphatic carbocycles. The van der Waals surface area contributed by atoms with E-state index in [1.807, 2.05) is 6.92 Å². The molecule has 0 bridgehead atoms. The molecule has 9 heteroatoms. The second-order valence-electron chi connectivity index (χ2n) is 7.46. The average molecular weight is 387 g/mol. The van der Waals surface area contributed by atoms with Crippen LogP contribution in [0.1, 0.15) is 81.8 Å². The van der Waals surface area contributed by atoms with E-state index in [0.29, 0.717) is 12.0 Å². The highest BCUT2D eigenvalue weighted by atomic mass is 31.2. The van der Waals surface area contributed by atoms with Gasteiger partial charge in [0.2, 0.25) is 0 Å². The molecule has 3 rings (SSSR count). The van der Waals surface area contributed by atoms with Gasteiger partial charge < -0.3 is 14.5 Å². The van der Waals surface area contributed by atoms with E-state index in [1.165, 1.54) is 0 Å². The molecule has 148 valence electrons. The smallest absolute Gasteiger partial charge is 0.378 e. The maximum atomic E-state index is 11.0. The normalized spacial score (nSPS) is 30.4. The van der Waals surface area contributed by atoms with Crippen LogP contribution < -0.4 is 0 Å². The van der Waals surface area contributed by atoms with Crippen LogP contribution in [-0.2, 0) is 13.8 Å². The molecule has 0 aromatic carbocycles. The van der Waals surface area contributed by atoms with E-state index >= 15 is 0 Å². The maximum absolute atomic E-state index is 11.0. The van der Waals surface area contributed by atoms with E-state index in [1.54, 1.807) is 0 Å². The summed E-state index contributed by atoms with van der Waals surface area (Å²) < 4.78 is 21.6. The minimum Gasteiger partial charge on any atom is -0.378 e. The number of aromatic amines is 1. The Bertz CT molecular complexity index is 617. The van der Waals surface area contributed by atoms with Crippen molar-refractivity contribution in [2.24, 2.45) is 5.92 Å². The molecular formula is C17H30N3O5P. The Morgan fingerprint density at radius 1 is 1.19 bits per heavy atom. The van der Waals surface area contributed by atoms with E-state index in [-0.39, 0.29) is 18.4 Å². The van der Waals surface area contributed by atoms with Gasteiger partial charge in [-0.3, -0.25) is 9.62 Å². The summed E-state index contributed by atoms with van der Waals surface area (Å²) in [5.41, 5.74) is 0. The van der Waals surface area contributed by atoms with Gasteiger partial charge in [-0.1, -0.05) is 19.3 Å². The van der Waals surface area contributed by atoms with Crippen LogP contribution in [0, 0.1) is 5.92 Å². The van der Waals surface area contributed by atoms with Crippen molar-refractivity contribution in [1.82, 2.24) is 15.2 Å². The molecule has 0 amide bonds. The molecule has 3 N–H and O–H groups in total. The molecule has 1 heterocycles. The van der Waals surface area contributed by atoms with Crippen LogP contribution in [-0.4, -0.2) is 44.3 Å². The molecule has 2 saturated carbocycles. The molecule has 0 aliphatic heterocycles. The van der Waals surface area contributed by atoms with Crippen molar-refractivity contribution in [2.45, 2.75) is 76.2 Å². The van der Waals surface area contributed by atoms with Crippen LogP contribution in [0.5, 0.6) is 0 Å². The SMILES string of the molecule is CCOC1CCCC(c2n[nH]c(C3CCCCC3COP(=O)(O)O)n2)C1. The van der Waals surface area contributed by atoms with Gasteiger partial charge in [0.25, 0.3) is 0 Å². The third-order valence-corrected chi connectivity index (χ3v) is 6.12. The van der Waals surface area contributed by atoms with Gasteiger partial charge in [0, 0.05) is 18.4 Å². The van der Waals surface area contributed by atoms with Crippen LogP contribution in [0.4, 0.5) is 0 Å². The van der Waals surface area contributed by atoms with E-state index in [2.05, 4.69) is 10.2 Å². The summed E-state index contributed by atoms with van der Waals surface area (Å²) in [6.07, 6.45) is 8.52. The zero-order valence-corrected chi connectivity index (χ0v) is 16.2. The molecule has 2 aliphatic rings. The first-order chi connectivity index (χ1) is 12.5. The second-order valence-corrected chi connectivity index (χ2v) is 8.70. The minimum absolute atomic E-state index is 0.0553. The van der Waals surface area contributed by atoms with E-state index in [0.717, 1.165) is 69.6 Å². The maximum Gasteiger partial charge on any atom is 0.469 e. The molecule has 1 aromatic heterocycles. The van der Waals surface area contributed by atoms with Crippen molar-refractivity contribution in [3.05, 3.63) is 11.6 Å². The standard InChI is InChI=1S/C17H30N3O5P/c1-2-24-14-8-5-7-12(10-14)16-18-17(20-19-16)15-9-4-3-6-13(15)11-25-26(21,22)23/h12-15H,2-11H2,1H3,(H,18,19,20)(H2,21,22,23). The summed E-state index contributed by atoms with van der Waals surface area (Å²) in [5, 5.41) is 7.56. The molecular weight excluding hydrogens is 357 g/mol. The predicted octanol–water partition coefficient (Wildman–Crippen LogP) is 3.25. The Morgan fingerprint density at radius 2 is 2.00 bits per heavy atom. The minimum atomic E-state index is -4.44. The third kappa shape index (κ3) is 5.36. The van der Waals surface area contributed by atoms with Gasteiger partial charge in [-0.15, -0.1) is 0 Å². The fourth-order valence-corrected chi connectivity index (χ4v) is 4.75. The number of H-pyrrole nitrogens is 1. The Balaban J connectivity index is 1.66. The quantitative estimate of drug-likeness (QED) is 0.615. The van der Waals surface area contributed by atoms with Gasteiger partial charge in [-0.2, -0.15) is 5.10 Å². The number of nitrogens with one attached hydrogen (secondary N) is 1. The fraction of sp³-hybridized carbons (Fsp3) is 0.882. The number of phosphoric ester groups is 1. The summed E-state index contributed by atoms with van der Waals surface area (Å²) in [6, 6.07) is 0. The van der Waals surface area contributed by atoms with Crippen LogP contribution in [0.15, 0.2) is 0 Å². The Kier molecular flexibility index (Phi) is 6.86. The molecule has 4 atom stereocenters. The average Bonchev–Trinajstić information content (AvgIpc) is 3.10. The highest BCUT2D eigenvalue weighted by Gasteiger charge is 2.33. The van der Waals surface area contributed by atoms with E-state index < -0.39 is 7.82 Å². The number of nitrogens with zero attached hydrogens (tertiary/aromatic N) is 2. The zero-order chi connectivity index (χ0) is 18.6. The lowest BCUT2D eigenvalue weighted by atomic mass is 9.79. The first kappa shape index (κ1) is 20.0. The van der Waals surface area contributed by atoms with Crippen LogP contribution in [0.2, 0.25) is 0 Å². The molecule has 26 heavy (non-hydrogen) atoms. The van der Waals surface area contributed by atoms with E-state index in [4.69, 9.17) is 24.0 Å². The van der Waals surface area contributed by atoms with Crippen molar-refractivity contribution >= 4 is 7.82 Å². The largest absolute Gasteiger partial charge is 0.469 e. The summed E-state index contributed by atoms with van der Waals surface area (Å²) in [7, 11) is -4.44. The lowest BCUT2D eigenvalue weighted by molar-refractivity contribution is 0.0299. The molecule has 4 unspecified atom stereocenters. The van der Waals surface area contributed by atoms with Crippen molar-refractivity contribution in [3.8, 4) is 0 Å². The summed E-state index contributed by atoms with van der Waals surface area (Å²) in [4.78, 5) is 22.8. The van der Waals surface area contributed by atoms with Gasteiger partial charge in [-0.05, 0) is 44.9 Å². The lowest BCUT2D eigenvalue weighted by Crippen LogP contribution is -2.24. The summed E-state index contributed by atoms with van der Waals surface area (Å²) in [6.45, 7) is 2.82. The van der Waals surface area contributed by atoms with Crippen LogP contribution in [0.25, 0.3) is 0 Å². The summed E-state index contributed by atoms with van der Waals surface area (Å²) >= 11 is 0. The lowest BCUT2D eigenvalue weighted by Gasteiger charge is -2.29. The van der Waals surface area contributed by atoms with Crippen molar-refractivity contribution in [2.75, 3.05) is 13.2 Å². The fourth-order valence-electron chi connectivity index (χ4n) is 4.36. The molecule has 2 fully saturated rings. The van der Waals surface area contributed by atoms with Crippen LogP contribution >= 0.6 is 7.82 Å². The molecule has 8 nitrogen and oxygen atoms in total. The van der Waals surface area contributed by atoms with Crippen LogP contribution in [0.3, 0.4) is 0 Å². The van der Waals surface area contributed by atoms with Crippen molar-refractivity contribution in [3.63, 3.8) is 0 Å². The number of ether oxygens (including phenoxy) is 1. The topological polar surface area (TPSA) is 118 Å². The highest BCUT2D eigenvalue weighted by molar-refractivity contribution is 7.46. The van der Waals surface area contributed by atoms with Gasteiger partial charge >= 0.3 is 7.82 Å². The number of phosphoric acid groups is 1. The number of hydrogen-bond acceptors (Lipinski definition) is 5. The Morgan fingerprint density at radius 3 is 2.77 bits per heavy atom. The second kappa shape index (κ2) is 8.93. The van der Waals surface area contributed by atoms with E-state index in [9.17, 15) is 4.57 Å². The predicted molar refractivity (Wildman–Crippen MR) is 95.7 cm³/mol. The van der Waals surface area contributed by atoms with Gasteiger partial charge in [0.05, 0.1) is 12.7 Å². The molecule has 1 aromatic rings. The highest BCUT2D eigenvalue weighted by Crippen LogP contribution is 2.42. The summed E-state index contributed by atoms with van der Waals surface area (Å²) in [5.74, 6) is 2.17. The third-order valence-electron chi connectivity index (χ3n) is 5.63. The number of hydrogen-bond donors (Lipinski definition) is 3. The van der Waals surface area contributed by atoms with Gasteiger partial charge in [-0.25, -0.2) is 9.55 Å².